The molecule has 0 N–H and O–H groups in total. The van der Waals surface area contributed by atoms with E-state index >= 15 is 0 Å². The molecule has 0 saturated carbocycles. The van der Waals surface area contributed by atoms with E-state index in [0.29, 0.717) is 5.82 Å². The number of aryl methyl sites for hydroxylation is 1. The van der Waals surface area contributed by atoms with E-state index in [1.165, 1.54) is 6.20 Å². The zero-order chi connectivity index (χ0) is 8.65. The maximum Gasteiger partial charge on any atom is 0.276 e. The Bertz CT molecular complexity index is 366. The summed E-state index contributed by atoms with van der Waals surface area (Å²) < 4.78 is 26.2. The van der Waals surface area contributed by atoms with Crippen LogP contribution in [0.25, 0.3) is 0 Å². The van der Waals surface area contributed by atoms with Gasteiger partial charge in [-0.3, -0.25) is 0 Å². The quantitative estimate of drug-likeness (QED) is 0.336. The molecule has 1 aromatic heterocycles. The molecule has 1 heterocycles. The first-order valence-corrected chi connectivity index (χ1v) is 4.62. The van der Waals surface area contributed by atoms with Crippen LogP contribution in [0.3, 0.4) is 0 Å². The van der Waals surface area contributed by atoms with Gasteiger partial charge in [0.15, 0.2) is 0 Å². The highest BCUT2D eigenvalue weighted by Gasteiger charge is 2.16. The monoisotopic (exact) mass is 177 g/mol. The molecule has 5 heteroatoms. The highest BCUT2D eigenvalue weighted by Crippen LogP contribution is 2.00. The molecule has 11 heavy (non-hydrogen) atoms. The molecule has 0 amide bonds. The highest BCUT2D eigenvalue weighted by molar-refractivity contribution is 7.94. The summed E-state index contributed by atoms with van der Waals surface area (Å²) in [6.45, 7) is 1.67. The summed E-state index contributed by atoms with van der Waals surface area (Å²) in [7, 11) is -1.87. The summed E-state index contributed by atoms with van der Waals surface area (Å²) in [5, 5.41) is 0. The van der Waals surface area contributed by atoms with Gasteiger partial charge in [0.1, 0.15) is 12.4 Å². The third-order valence-electron chi connectivity index (χ3n) is 1.55. The lowest BCUT2D eigenvalue weighted by atomic mass is 10.7. The maximum atomic E-state index is 12.8. The van der Waals surface area contributed by atoms with Crippen molar-refractivity contribution >= 4 is 16.0 Å². The van der Waals surface area contributed by atoms with Crippen LogP contribution in [0, 0.1) is 6.92 Å². The number of halogens is 1. The van der Waals surface area contributed by atoms with Crippen LogP contribution in [0.5, 0.6) is 0 Å². The van der Waals surface area contributed by atoms with Crippen LogP contribution in [0.2, 0.25) is 0 Å². The SMILES string of the molecule is C=S(=O)(F)n1cc[n+](C)c1C. The number of aromatic nitrogens is 2. The third-order valence-corrected chi connectivity index (χ3v) is 2.52. The van der Waals surface area contributed by atoms with Gasteiger partial charge in [0, 0.05) is 12.8 Å². The molecule has 0 spiro atoms. The standard InChI is InChI=1S/C6H10FN2OS/c1-6-8(2)4-5-9(6)11(3,7)10/h4-5H,3H2,1-2H3/q+1. The zero-order valence-electron chi connectivity index (χ0n) is 6.45. The Morgan fingerprint density at radius 1 is 1.82 bits per heavy atom. The van der Waals surface area contributed by atoms with E-state index in [2.05, 4.69) is 5.87 Å². The van der Waals surface area contributed by atoms with Crippen molar-refractivity contribution in [2.75, 3.05) is 0 Å². The Morgan fingerprint density at radius 2 is 2.36 bits per heavy atom. The van der Waals surface area contributed by atoms with Crippen molar-refractivity contribution < 1.29 is 12.7 Å². The predicted octanol–water partition coefficient (Wildman–Crippen LogP) is -0.0150. The second-order valence-electron chi connectivity index (χ2n) is 2.34. The highest BCUT2D eigenvalue weighted by atomic mass is 32.3. The van der Waals surface area contributed by atoms with Crippen LogP contribution in [-0.4, -0.2) is 14.1 Å². The normalized spacial score (nSPS) is 16.3. The van der Waals surface area contributed by atoms with Gasteiger partial charge in [-0.15, -0.1) is 7.86 Å². The molecule has 1 aromatic rings. The van der Waals surface area contributed by atoms with Gasteiger partial charge in [0.05, 0.1) is 7.05 Å². The number of hydrogen-bond donors (Lipinski definition) is 0. The molecule has 0 aliphatic carbocycles. The molecule has 62 valence electrons. The van der Waals surface area contributed by atoms with E-state index in [1.807, 2.05) is 0 Å². The van der Waals surface area contributed by atoms with E-state index in [9.17, 15) is 8.09 Å². The minimum atomic E-state index is -3.62. The average molecular weight is 177 g/mol. The van der Waals surface area contributed by atoms with Gasteiger partial charge < -0.3 is 0 Å². The van der Waals surface area contributed by atoms with Gasteiger partial charge >= 0.3 is 0 Å². The lowest BCUT2D eigenvalue weighted by Gasteiger charge is -1.93. The largest absolute Gasteiger partial charge is 0.276 e. The Balaban J connectivity index is 3.38. The lowest BCUT2D eigenvalue weighted by Crippen LogP contribution is -2.30. The van der Waals surface area contributed by atoms with Crippen molar-refractivity contribution in [3.8, 4) is 0 Å². The van der Waals surface area contributed by atoms with Gasteiger partial charge in [0.25, 0.3) is 15.9 Å². The number of imidazole rings is 1. The lowest BCUT2D eigenvalue weighted by molar-refractivity contribution is -0.676. The molecule has 0 radical (unpaired) electrons. The smallest absolute Gasteiger partial charge is 0.236 e. The van der Waals surface area contributed by atoms with E-state index < -0.39 is 10.1 Å². The molecule has 1 unspecified atom stereocenters. The number of hydrogen-bond acceptors (Lipinski definition) is 1. The van der Waals surface area contributed by atoms with Crippen molar-refractivity contribution in [2.45, 2.75) is 6.92 Å². The minimum Gasteiger partial charge on any atom is -0.236 e. The fourth-order valence-electron chi connectivity index (χ4n) is 0.820. The van der Waals surface area contributed by atoms with Crippen molar-refractivity contribution in [2.24, 2.45) is 7.05 Å². The van der Waals surface area contributed by atoms with E-state index in [0.717, 1.165) is 3.97 Å². The van der Waals surface area contributed by atoms with Crippen LogP contribution in [0.15, 0.2) is 12.4 Å². The summed E-state index contributed by atoms with van der Waals surface area (Å²) in [6.07, 6.45) is 3.03. The molecule has 0 saturated heterocycles. The van der Waals surface area contributed by atoms with Crippen LogP contribution >= 0.6 is 0 Å². The minimum absolute atomic E-state index is 0.576. The molecule has 0 aliphatic heterocycles. The molecule has 0 fully saturated rings. The molecule has 1 rings (SSSR count). The Kier molecular flexibility index (Phi) is 1.75. The average Bonchev–Trinajstić information content (AvgIpc) is 2.11. The van der Waals surface area contributed by atoms with E-state index in [4.69, 9.17) is 0 Å². The molecule has 0 aliphatic rings. The van der Waals surface area contributed by atoms with Gasteiger partial charge in [0.2, 0.25) is 0 Å². The topological polar surface area (TPSA) is 25.9 Å². The molecule has 1 atom stereocenters. The Labute approximate surface area is 65.5 Å². The summed E-state index contributed by atoms with van der Waals surface area (Å²) in [5.74, 6) is 3.50. The molecular formula is C6H10FN2OS+. The van der Waals surface area contributed by atoms with Crippen LogP contribution < -0.4 is 4.57 Å². The van der Waals surface area contributed by atoms with Crippen molar-refractivity contribution in [1.29, 1.82) is 0 Å². The summed E-state index contributed by atoms with van der Waals surface area (Å²) in [5.41, 5.74) is 0. The predicted molar refractivity (Wildman–Crippen MR) is 42.1 cm³/mol. The number of nitrogens with zero attached hydrogens (tertiary/aromatic N) is 2. The summed E-state index contributed by atoms with van der Waals surface area (Å²) >= 11 is 0. The van der Waals surface area contributed by atoms with E-state index in [1.54, 1.807) is 24.7 Å². The second kappa shape index (κ2) is 2.34. The zero-order valence-corrected chi connectivity index (χ0v) is 7.27. The van der Waals surface area contributed by atoms with Gasteiger partial charge in [-0.1, -0.05) is 0 Å². The van der Waals surface area contributed by atoms with Gasteiger partial charge in [-0.05, 0) is 0 Å². The molecular weight excluding hydrogens is 167 g/mol. The fourth-order valence-corrected chi connectivity index (χ4v) is 1.58. The maximum absolute atomic E-state index is 12.8. The Morgan fingerprint density at radius 3 is 2.55 bits per heavy atom. The van der Waals surface area contributed by atoms with Gasteiger partial charge in [-0.2, -0.15) is 4.21 Å². The molecule has 3 nitrogen and oxygen atoms in total. The van der Waals surface area contributed by atoms with E-state index in [-0.39, 0.29) is 0 Å². The summed E-state index contributed by atoms with van der Waals surface area (Å²) in [4.78, 5) is 0. The van der Waals surface area contributed by atoms with Crippen molar-refractivity contribution in [3.63, 3.8) is 0 Å². The fraction of sp³-hybridized carbons (Fsp3) is 0.333. The summed E-state index contributed by atoms with van der Waals surface area (Å²) in [6, 6.07) is 0. The molecule has 0 aromatic carbocycles. The first-order chi connectivity index (χ1) is 4.93. The van der Waals surface area contributed by atoms with Crippen LogP contribution in [-0.2, 0) is 17.1 Å². The number of rotatable bonds is 1. The Hall–Kier alpha value is -0.840. The van der Waals surface area contributed by atoms with Crippen molar-refractivity contribution in [1.82, 2.24) is 3.97 Å². The second-order valence-corrected chi connectivity index (χ2v) is 3.86. The first-order valence-electron chi connectivity index (χ1n) is 3.04. The van der Waals surface area contributed by atoms with Crippen molar-refractivity contribution in [3.05, 3.63) is 18.2 Å². The van der Waals surface area contributed by atoms with Crippen LogP contribution in [0.1, 0.15) is 5.82 Å². The first kappa shape index (κ1) is 8.26. The van der Waals surface area contributed by atoms with Crippen LogP contribution in [0.4, 0.5) is 3.89 Å². The van der Waals surface area contributed by atoms with Gasteiger partial charge in [-0.25, -0.2) is 4.57 Å². The third kappa shape index (κ3) is 1.42. The molecule has 0 bridgehead atoms.